The summed E-state index contributed by atoms with van der Waals surface area (Å²) in [7, 11) is -2.91. The Labute approximate surface area is 92.7 Å². The molecule has 1 rings (SSSR count). The molecule has 1 heterocycles. The van der Waals surface area contributed by atoms with E-state index in [1.165, 1.54) is 0 Å². The van der Waals surface area contributed by atoms with Crippen LogP contribution in [0.3, 0.4) is 0 Å². The summed E-state index contributed by atoms with van der Waals surface area (Å²) in [5.74, 6) is 0.372. The van der Waals surface area contributed by atoms with Crippen LogP contribution in [0.25, 0.3) is 0 Å². The van der Waals surface area contributed by atoms with Gasteiger partial charge in [-0.15, -0.1) is 0 Å². The van der Waals surface area contributed by atoms with Crippen LogP contribution in [-0.2, 0) is 9.84 Å². The summed E-state index contributed by atoms with van der Waals surface area (Å²) in [4.78, 5) is 2.22. The summed E-state index contributed by atoms with van der Waals surface area (Å²) in [6.07, 6.45) is 1.02. The standard InChI is InChI=1S/C10H22N2O2S/c1-4-8(3)12(5-2)10-7-15(13,14)6-9(10)11/h8-10H,4-7,11H2,1-3H3. The van der Waals surface area contributed by atoms with E-state index in [0.717, 1.165) is 13.0 Å². The van der Waals surface area contributed by atoms with Gasteiger partial charge in [0.1, 0.15) is 0 Å². The molecule has 5 heteroatoms. The predicted molar refractivity (Wildman–Crippen MR) is 62.6 cm³/mol. The SMILES string of the molecule is CCC(C)N(CC)C1CS(=O)(=O)CC1N. The molecule has 1 fully saturated rings. The van der Waals surface area contributed by atoms with Crippen molar-refractivity contribution in [1.82, 2.24) is 4.90 Å². The number of likely N-dealkylation sites (N-methyl/N-ethyl adjacent to an activating group) is 1. The minimum atomic E-state index is -2.91. The smallest absolute Gasteiger partial charge is 0.153 e. The van der Waals surface area contributed by atoms with Gasteiger partial charge >= 0.3 is 0 Å². The third-order valence-electron chi connectivity index (χ3n) is 3.31. The van der Waals surface area contributed by atoms with E-state index >= 15 is 0 Å². The summed E-state index contributed by atoms with van der Waals surface area (Å²) >= 11 is 0. The monoisotopic (exact) mass is 234 g/mol. The Hall–Kier alpha value is -0.130. The predicted octanol–water partition coefficient (Wildman–Crippen LogP) is 0.231. The minimum Gasteiger partial charge on any atom is -0.325 e. The normalized spacial score (nSPS) is 32.1. The highest BCUT2D eigenvalue weighted by Crippen LogP contribution is 2.20. The Morgan fingerprint density at radius 1 is 1.40 bits per heavy atom. The van der Waals surface area contributed by atoms with Gasteiger partial charge in [-0.05, 0) is 19.9 Å². The molecule has 1 saturated heterocycles. The number of nitrogens with zero attached hydrogens (tertiary/aromatic N) is 1. The highest BCUT2D eigenvalue weighted by molar-refractivity contribution is 7.91. The van der Waals surface area contributed by atoms with Crippen LogP contribution >= 0.6 is 0 Å². The molecule has 0 aliphatic carbocycles. The maximum Gasteiger partial charge on any atom is 0.153 e. The molecule has 0 bridgehead atoms. The van der Waals surface area contributed by atoms with Crippen molar-refractivity contribution in [1.29, 1.82) is 0 Å². The Bertz CT molecular complexity index is 303. The maximum absolute atomic E-state index is 11.5. The third-order valence-corrected chi connectivity index (χ3v) is 5.06. The molecule has 15 heavy (non-hydrogen) atoms. The molecule has 3 atom stereocenters. The zero-order valence-electron chi connectivity index (χ0n) is 9.81. The van der Waals surface area contributed by atoms with Crippen molar-refractivity contribution in [3.8, 4) is 0 Å². The van der Waals surface area contributed by atoms with Gasteiger partial charge in [-0.3, -0.25) is 4.90 Å². The van der Waals surface area contributed by atoms with Gasteiger partial charge in [-0.25, -0.2) is 8.42 Å². The van der Waals surface area contributed by atoms with E-state index in [9.17, 15) is 8.42 Å². The number of nitrogens with two attached hydrogens (primary N) is 1. The zero-order chi connectivity index (χ0) is 11.6. The van der Waals surface area contributed by atoms with Gasteiger partial charge in [0, 0.05) is 18.1 Å². The maximum atomic E-state index is 11.5. The summed E-state index contributed by atoms with van der Waals surface area (Å²) in [6, 6.07) is 0.193. The minimum absolute atomic E-state index is 0.00921. The van der Waals surface area contributed by atoms with Crippen molar-refractivity contribution < 1.29 is 8.42 Å². The van der Waals surface area contributed by atoms with Gasteiger partial charge in [-0.2, -0.15) is 0 Å². The quantitative estimate of drug-likeness (QED) is 0.756. The Kier molecular flexibility index (Phi) is 4.14. The first-order valence-corrected chi connectivity index (χ1v) is 7.45. The average Bonchev–Trinajstić information content (AvgIpc) is 2.41. The van der Waals surface area contributed by atoms with E-state index in [1.54, 1.807) is 0 Å². The lowest BCUT2D eigenvalue weighted by atomic mass is 10.1. The fraction of sp³-hybridized carbons (Fsp3) is 1.00. The van der Waals surface area contributed by atoms with Gasteiger partial charge in [0.05, 0.1) is 11.5 Å². The Morgan fingerprint density at radius 2 is 2.00 bits per heavy atom. The second-order valence-electron chi connectivity index (χ2n) is 4.40. The fourth-order valence-corrected chi connectivity index (χ4v) is 4.21. The average molecular weight is 234 g/mol. The van der Waals surface area contributed by atoms with Gasteiger partial charge in [0.15, 0.2) is 9.84 Å². The molecule has 0 saturated carbocycles. The van der Waals surface area contributed by atoms with E-state index in [1.807, 2.05) is 0 Å². The lowest BCUT2D eigenvalue weighted by Gasteiger charge is -2.34. The molecule has 0 aromatic carbocycles. The number of hydrogen-bond acceptors (Lipinski definition) is 4. The lowest BCUT2D eigenvalue weighted by molar-refractivity contribution is 0.151. The van der Waals surface area contributed by atoms with Crippen LogP contribution in [-0.4, -0.2) is 49.5 Å². The second-order valence-corrected chi connectivity index (χ2v) is 6.55. The molecule has 4 nitrogen and oxygen atoms in total. The molecule has 90 valence electrons. The number of hydrogen-bond donors (Lipinski definition) is 1. The summed E-state index contributed by atoms with van der Waals surface area (Å²) in [6.45, 7) is 7.16. The van der Waals surface area contributed by atoms with Gasteiger partial charge in [0.2, 0.25) is 0 Å². The van der Waals surface area contributed by atoms with Crippen molar-refractivity contribution in [3.05, 3.63) is 0 Å². The van der Waals surface area contributed by atoms with Crippen LogP contribution in [0.5, 0.6) is 0 Å². The summed E-state index contributed by atoms with van der Waals surface area (Å²) < 4.78 is 23.0. The first kappa shape index (κ1) is 12.9. The van der Waals surface area contributed by atoms with E-state index < -0.39 is 9.84 Å². The molecule has 1 aliphatic heterocycles. The molecular formula is C10H22N2O2S. The molecule has 0 aromatic heterocycles. The van der Waals surface area contributed by atoms with Crippen LogP contribution in [0, 0.1) is 0 Å². The largest absolute Gasteiger partial charge is 0.325 e. The molecule has 0 radical (unpaired) electrons. The van der Waals surface area contributed by atoms with E-state index in [0.29, 0.717) is 6.04 Å². The highest BCUT2D eigenvalue weighted by Gasteiger charge is 2.39. The fourth-order valence-electron chi connectivity index (χ4n) is 2.31. The first-order chi connectivity index (χ1) is 6.91. The third kappa shape index (κ3) is 2.92. The Morgan fingerprint density at radius 3 is 2.33 bits per heavy atom. The van der Waals surface area contributed by atoms with Crippen molar-refractivity contribution in [2.45, 2.75) is 45.3 Å². The van der Waals surface area contributed by atoms with E-state index in [4.69, 9.17) is 5.73 Å². The lowest BCUT2D eigenvalue weighted by Crippen LogP contribution is -2.50. The van der Waals surface area contributed by atoms with Crippen molar-refractivity contribution >= 4 is 9.84 Å². The van der Waals surface area contributed by atoms with Crippen molar-refractivity contribution in [3.63, 3.8) is 0 Å². The topological polar surface area (TPSA) is 63.4 Å². The van der Waals surface area contributed by atoms with Crippen molar-refractivity contribution in [2.75, 3.05) is 18.1 Å². The van der Waals surface area contributed by atoms with Gasteiger partial charge in [0.25, 0.3) is 0 Å². The second kappa shape index (κ2) is 4.80. The van der Waals surface area contributed by atoms with Crippen molar-refractivity contribution in [2.24, 2.45) is 5.73 Å². The molecule has 1 aliphatic rings. The molecule has 0 amide bonds. The van der Waals surface area contributed by atoms with Crippen LogP contribution in [0.1, 0.15) is 27.2 Å². The molecular weight excluding hydrogens is 212 g/mol. The molecule has 2 N–H and O–H groups in total. The first-order valence-electron chi connectivity index (χ1n) is 5.63. The summed E-state index contributed by atoms with van der Waals surface area (Å²) in [5, 5.41) is 0. The molecule has 0 aromatic rings. The zero-order valence-corrected chi connectivity index (χ0v) is 10.6. The van der Waals surface area contributed by atoms with E-state index in [2.05, 4.69) is 25.7 Å². The molecule has 3 unspecified atom stereocenters. The van der Waals surface area contributed by atoms with Gasteiger partial charge < -0.3 is 5.73 Å². The summed E-state index contributed by atoms with van der Waals surface area (Å²) in [5.41, 5.74) is 5.90. The Balaban J connectivity index is 2.78. The number of sulfone groups is 1. The van der Waals surface area contributed by atoms with Gasteiger partial charge in [-0.1, -0.05) is 13.8 Å². The number of rotatable bonds is 4. The molecule has 0 spiro atoms. The van der Waals surface area contributed by atoms with Crippen LogP contribution < -0.4 is 5.73 Å². The van der Waals surface area contributed by atoms with E-state index in [-0.39, 0.29) is 23.6 Å². The van der Waals surface area contributed by atoms with Crippen LogP contribution in [0.2, 0.25) is 0 Å². The highest BCUT2D eigenvalue weighted by atomic mass is 32.2. The van der Waals surface area contributed by atoms with Crippen LogP contribution in [0.4, 0.5) is 0 Å². The van der Waals surface area contributed by atoms with Crippen LogP contribution in [0.15, 0.2) is 0 Å².